The van der Waals surface area contributed by atoms with Gasteiger partial charge in [0.05, 0.1) is 0 Å². The normalized spacial score (nSPS) is 30.8. The van der Waals surface area contributed by atoms with E-state index in [1.165, 1.54) is 38.5 Å². The fourth-order valence-corrected chi connectivity index (χ4v) is 3.17. The Morgan fingerprint density at radius 2 is 2.00 bits per heavy atom. The molecule has 0 nitrogen and oxygen atoms in total. The molecule has 3 atom stereocenters. The van der Waals surface area contributed by atoms with Gasteiger partial charge < -0.3 is 0 Å². The van der Waals surface area contributed by atoms with Gasteiger partial charge in [0, 0.05) is 5.25 Å². The lowest BCUT2D eigenvalue weighted by Crippen LogP contribution is -2.23. The second-order valence-corrected chi connectivity index (χ2v) is 6.76. The summed E-state index contributed by atoms with van der Waals surface area (Å²) < 4.78 is 0. The van der Waals surface area contributed by atoms with Gasteiger partial charge in [-0.3, -0.25) is 0 Å². The third kappa shape index (κ3) is 3.69. The summed E-state index contributed by atoms with van der Waals surface area (Å²) in [4.78, 5) is 0. The van der Waals surface area contributed by atoms with Gasteiger partial charge in [-0.15, -0.1) is 0 Å². The molecule has 3 unspecified atom stereocenters. The van der Waals surface area contributed by atoms with Gasteiger partial charge in [0.25, 0.3) is 0 Å². The molecule has 0 aromatic heterocycles. The fraction of sp³-hybridized carbons (Fsp3) is 1.00. The second kappa shape index (κ2) is 5.61. The molecule has 1 saturated carbocycles. The molecule has 0 heterocycles. The van der Waals surface area contributed by atoms with Crippen molar-refractivity contribution < 1.29 is 0 Å². The van der Waals surface area contributed by atoms with Crippen molar-refractivity contribution in [2.45, 2.75) is 71.5 Å². The highest BCUT2D eigenvalue weighted by Gasteiger charge is 2.29. The molecule has 1 rings (SSSR count). The van der Waals surface area contributed by atoms with Gasteiger partial charge in [-0.1, -0.05) is 34.1 Å². The molecule has 0 N–H and O–H groups in total. The van der Waals surface area contributed by atoms with E-state index in [0.717, 1.165) is 11.8 Å². The molecule has 90 valence electrons. The minimum atomic E-state index is 0.564. The largest absolute Gasteiger partial charge is 0.176 e. The van der Waals surface area contributed by atoms with Crippen molar-refractivity contribution in [3.8, 4) is 0 Å². The lowest BCUT2D eigenvalue weighted by atomic mass is 9.72. The van der Waals surface area contributed by atoms with Crippen molar-refractivity contribution >= 4 is 12.6 Å². The summed E-state index contributed by atoms with van der Waals surface area (Å²) in [6.07, 6.45) is 8.29. The van der Waals surface area contributed by atoms with Gasteiger partial charge >= 0.3 is 0 Å². The predicted molar refractivity (Wildman–Crippen MR) is 72.6 cm³/mol. The van der Waals surface area contributed by atoms with Crippen LogP contribution in [-0.2, 0) is 0 Å². The minimum Gasteiger partial charge on any atom is -0.176 e. The minimum absolute atomic E-state index is 0.564. The van der Waals surface area contributed by atoms with Crippen molar-refractivity contribution in [2.24, 2.45) is 17.3 Å². The van der Waals surface area contributed by atoms with Gasteiger partial charge in [-0.05, 0) is 49.4 Å². The lowest BCUT2D eigenvalue weighted by Gasteiger charge is -2.33. The van der Waals surface area contributed by atoms with Crippen molar-refractivity contribution in [1.82, 2.24) is 0 Å². The SMILES string of the molecule is CCC(C)(CCC1CCC(S)C1)C(C)C. The van der Waals surface area contributed by atoms with E-state index in [1.807, 2.05) is 0 Å². The molecule has 0 aromatic rings. The molecule has 0 radical (unpaired) electrons. The second-order valence-electron chi connectivity index (χ2n) is 6.03. The van der Waals surface area contributed by atoms with Crippen molar-refractivity contribution in [3.63, 3.8) is 0 Å². The van der Waals surface area contributed by atoms with E-state index in [2.05, 4.69) is 40.3 Å². The van der Waals surface area contributed by atoms with E-state index in [4.69, 9.17) is 0 Å². The van der Waals surface area contributed by atoms with E-state index in [-0.39, 0.29) is 0 Å². The van der Waals surface area contributed by atoms with Crippen LogP contribution in [0.15, 0.2) is 0 Å². The Labute approximate surface area is 102 Å². The third-order valence-electron chi connectivity index (χ3n) is 4.84. The molecule has 0 amide bonds. The van der Waals surface area contributed by atoms with E-state index in [0.29, 0.717) is 10.7 Å². The quantitative estimate of drug-likeness (QED) is 0.633. The molecule has 15 heavy (non-hydrogen) atoms. The van der Waals surface area contributed by atoms with Crippen LogP contribution in [0.3, 0.4) is 0 Å². The number of rotatable bonds is 5. The molecule has 1 aliphatic carbocycles. The van der Waals surface area contributed by atoms with Crippen LogP contribution in [0.4, 0.5) is 0 Å². The Bertz CT molecular complexity index is 188. The molecular weight excluding hydrogens is 200 g/mol. The van der Waals surface area contributed by atoms with Crippen LogP contribution in [0.5, 0.6) is 0 Å². The average Bonchev–Trinajstić information content (AvgIpc) is 2.60. The Kier molecular flexibility index (Phi) is 5.02. The van der Waals surface area contributed by atoms with E-state index in [9.17, 15) is 0 Å². The third-order valence-corrected chi connectivity index (χ3v) is 5.31. The fourth-order valence-electron chi connectivity index (χ4n) is 2.72. The van der Waals surface area contributed by atoms with Crippen LogP contribution in [-0.4, -0.2) is 5.25 Å². The highest BCUT2D eigenvalue weighted by atomic mass is 32.1. The summed E-state index contributed by atoms with van der Waals surface area (Å²) in [6.45, 7) is 9.56. The highest BCUT2D eigenvalue weighted by molar-refractivity contribution is 7.80. The van der Waals surface area contributed by atoms with Crippen LogP contribution in [0.1, 0.15) is 66.2 Å². The molecule has 0 aliphatic heterocycles. The molecule has 1 fully saturated rings. The zero-order valence-electron chi connectivity index (χ0n) is 10.9. The molecule has 0 saturated heterocycles. The van der Waals surface area contributed by atoms with Crippen LogP contribution in [0.25, 0.3) is 0 Å². The Morgan fingerprint density at radius 1 is 1.33 bits per heavy atom. The van der Waals surface area contributed by atoms with Crippen molar-refractivity contribution in [3.05, 3.63) is 0 Å². The predicted octanol–water partition coefficient (Wildman–Crippen LogP) is 4.94. The topological polar surface area (TPSA) is 0 Å². The Hall–Kier alpha value is 0.350. The maximum Gasteiger partial charge on any atom is 0.00195 e. The van der Waals surface area contributed by atoms with Crippen LogP contribution in [0.2, 0.25) is 0 Å². The van der Waals surface area contributed by atoms with E-state index in [1.54, 1.807) is 0 Å². The summed E-state index contributed by atoms with van der Waals surface area (Å²) in [5.74, 6) is 1.79. The highest BCUT2D eigenvalue weighted by Crippen LogP contribution is 2.40. The lowest BCUT2D eigenvalue weighted by molar-refractivity contribution is 0.173. The zero-order chi connectivity index (χ0) is 11.5. The van der Waals surface area contributed by atoms with Crippen LogP contribution < -0.4 is 0 Å². The summed E-state index contributed by atoms with van der Waals surface area (Å²) in [5.41, 5.74) is 0.564. The standard InChI is InChI=1S/C14H28S/c1-5-14(4,11(2)3)9-8-12-6-7-13(15)10-12/h11-13,15H,5-10H2,1-4H3. The first-order valence-corrected chi connectivity index (χ1v) is 7.17. The summed E-state index contributed by atoms with van der Waals surface area (Å²) in [6, 6.07) is 0. The van der Waals surface area contributed by atoms with Gasteiger partial charge in [-0.2, -0.15) is 12.6 Å². The van der Waals surface area contributed by atoms with Crippen molar-refractivity contribution in [2.75, 3.05) is 0 Å². The maximum atomic E-state index is 4.58. The van der Waals surface area contributed by atoms with Crippen LogP contribution >= 0.6 is 12.6 Å². The molecule has 0 aromatic carbocycles. The summed E-state index contributed by atoms with van der Waals surface area (Å²) >= 11 is 4.58. The number of hydrogen-bond donors (Lipinski definition) is 1. The Balaban J connectivity index is 2.34. The molecule has 1 aliphatic rings. The van der Waals surface area contributed by atoms with Gasteiger partial charge in [0.1, 0.15) is 0 Å². The van der Waals surface area contributed by atoms with Gasteiger partial charge in [-0.25, -0.2) is 0 Å². The summed E-state index contributed by atoms with van der Waals surface area (Å²) in [5, 5.41) is 0.696. The number of thiol groups is 1. The van der Waals surface area contributed by atoms with Gasteiger partial charge in [0.15, 0.2) is 0 Å². The average molecular weight is 228 g/mol. The van der Waals surface area contributed by atoms with Crippen LogP contribution in [0, 0.1) is 17.3 Å². The molecule has 1 heteroatoms. The number of hydrogen-bond acceptors (Lipinski definition) is 1. The smallest absolute Gasteiger partial charge is 0.00195 e. The van der Waals surface area contributed by atoms with Gasteiger partial charge in [0.2, 0.25) is 0 Å². The van der Waals surface area contributed by atoms with E-state index < -0.39 is 0 Å². The zero-order valence-corrected chi connectivity index (χ0v) is 11.8. The first-order valence-electron chi connectivity index (χ1n) is 6.66. The molecule has 0 spiro atoms. The molecular formula is C14H28S. The monoisotopic (exact) mass is 228 g/mol. The first kappa shape index (κ1) is 13.4. The molecule has 0 bridgehead atoms. The first-order chi connectivity index (χ1) is 6.98. The Morgan fingerprint density at radius 3 is 2.40 bits per heavy atom. The van der Waals surface area contributed by atoms with Crippen molar-refractivity contribution in [1.29, 1.82) is 0 Å². The maximum absolute atomic E-state index is 4.58. The van der Waals surface area contributed by atoms with E-state index >= 15 is 0 Å². The summed E-state index contributed by atoms with van der Waals surface area (Å²) in [7, 11) is 0.